The van der Waals surface area contributed by atoms with Gasteiger partial charge in [-0.15, -0.1) is 0 Å². The van der Waals surface area contributed by atoms with Crippen molar-refractivity contribution in [2.45, 2.75) is 69.4 Å². The predicted molar refractivity (Wildman–Crippen MR) is 75.3 cm³/mol. The van der Waals surface area contributed by atoms with Gasteiger partial charge < -0.3 is 14.6 Å². The fourth-order valence-corrected chi connectivity index (χ4v) is 3.44. The smallest absolute Gasteiger partial charge is 0.243 e. The Bertz CT molecular complexity index is 419. The summed E-state index contributed by atoms with van der Waals surface area (Å²) in [6, 6.07) is 0.227. The van der Waals surface area contributed by atoms with Crippen LogP contribution in [0.1, 0.15) is 75.5 Å². The molecular formula is C15H25N3O2. The Morgan fingerprint density at radius 3 is 2.60 bits per heavy atom. The fourth-order valence-electron chi connectivity index (χ4n) is 3.44. The van der Waals surface area contributed by atoms with Gasteiger partial charge >= 0.3 is 0 Å². The zero-order chi connectivity index (χ0) is 13.8. The van der Waals surface area contributed by atoms with E-state index >= 15 is 0 Å². The molecule has 1 aromatic heterocycles. The first kappa shape index (κ1) is 14.0. The number of hydrogen-bond acceptors (Lipinski definition) is 5. The van der Waals surface area contributed by atoms with E-state index in [9.17, 15) is 0 Å². The minimum atomic E-state index is -0.326. The molecule has 1 aromatic rings. The summed E-state index contributed by atoms with van der Waals surface area (Å²) in [5, 5.41) is 7.71. The Morgan fingerprint density at radius 2 is 1.95 bits per heavy atom. The lowest BCUT2D eigenvalue weighted by molar-refractivity contribution is -0.0365. The molecule has 0 aromatic carbocycles. The largest absolute Gasteiger partial charge is 0.370 e. The van der Waals surface area contributed by atoms with Crippen LogP contribution in [0, 0.1) is 0 Å². The summed E-state index contributed by atoms with van der Waals surface area (Å²) < 4.78 is 11.4. The van der Waals surface area contributed by atoms with Gasteiger partial charge in [-0.3, -0.25) is 0 Å². The van der Waals surface area contributed by atoms with Crippen molar-refractivity contribution in [1.29, 1.82) is 0 Å². The summed E-state index contributed by atoms with van der Waals surface area (Å²) in [6.45, 7) is 1.04. The maximum atomic E-state index is 5.84. The average molecular weight is 279 g/mol. The lowest BCUT2D eigenvalue weighted by Crippen LogP contribution is -2.30. The van der Waals surface area contributed by atoms with E-state index in [4.69, 9.17) is 9.26 Å². The highest BCUT2D eigenvalue weighted by Gasteiger charge is 2.38. The number of piperidine rings is 1. The van der Waals surface area contributed by atoms with E-state index in [0.29, 0.717) is 0 Å². The van der Waals surface area contributed by atoms with Crippen LogP contribution in [0.5, 0.6) is 0 Å². The van der Waals surface area contributed by atoms with Crippen LogP contribution in [0.15, 0.2) is 4.52 Å². The molecule has 1 saturated carbocycles. The third-order valence-electron chi connectivity index (χ3n) is 4.76. The summed E-state index contributed by atoms with van der Waals surface area (Å²) in [7, 11) is 1.78. The summed E-state index contributed by atoms with van der Waals surface area (Å²) in [6.07, 6.45) is 10.5. The highest BCUT2D eigenvalue weighted by atomic mass is 16.5. The minimum Gasteiger partial charge on any atom is -0.370 e. The zero-order valence-electron chi connectivity index (χ0n) is 12.4. The molecule has 1 atom stereocenters. The van der Waals surface area contributed by atoms with E-state index in [-0.39, 0.29) is 11.6 Å². The number of methoxy groups -OCH3 is 1. The number of nitrogens with one attached hydrogen (secondary N) is 1. The van der Waals surface area contributed by atoms with Crippen LogP contribution in [0.2, 0.25) is 0 Å². The van der Waals surface area contributed by atoms with Gasteiger partial charge in [-0.05, 0) is 32.2 Å². The normalized spacial score (nSPS) is 27.1. The highest BCUT2D eigenvalue weighted by Crippen LogP contribution is 2.38. The van der Waals surface area contributed by atoms with Crippen LogP contribution in [0.25, 0.3) is 0 Å². The topological polar surface area (TPSA) is 60.2 Å². The molecule has 1 aliphatic carbocycles. The Kier molecular flexibility index (Phi) is 4.36. The van der Waals surface area contributed by atoms with Gasteiger partial charge in [0.2, 0.25) is 11.7 Å². The molecule has 0 spiro atoms. The summed E-state index contributed by atoms with van der Waals surface area (Å²) in [5.41, 5.74) is -0.326. The van der Waals surface area contributed by atoms with Gasteiger partial charge in [0.1, 0.15) is 5.60 Å². The van der Waals surface area contributed by atoms with E-state index in [2.05, 4.69) is 15.5 Å². The third-order valence-corrected chi connectivity index (χ3v) is 4.76. The van der Waals surface area contributed by atoms with Crippen molar-refractivity contribution in [1.82, 2.24) is 15.5 Å². The second-order valence-corrected chi connectivity index (χ2v) is 6.07. The van der Waals surface area contributed by atoms with E-state index < -0.39 is 0 Å². The van der Waals surface area contributed by atoms with Gasteiger partial charge in [0.15, 0.2) is 0 Å². The molecule has 1 N–H and O–H groups in total. The van der Waals surface area contributed by atoms with Gasteiger partial charge in [0.05, 0.1) is 6.04 Å². The number of hydrogen-bond donors (Lipinski definition) is 1. The lowest BCUT2D eigenvalue weighted by atomic mass is 9.93. The van der Waals surface area contributed by atoms with Crippen LogP contribution >= 0.6 is 0 Å². The molecule has 112 valence electrons. The molecule has 2 aliphatic rings. The summed E-state index contributed by atoms with van der Waals surface area (Å²) in [4.78, 5) is 4.68. The van der Waals surface area contributed by atoms with E-state index in [1.165, 1.54) is 38.5 Å². The number of nitrogens with zero attached hydrogens (tertiary/aromatic N) is 2. The number of rotatable bonds is 3. The van der Waals surface area contributed by atoms with Crippen molar-refractivity contribution in [2.75, 3.05) is 13.7 Å². The maximum Gasteiger partial charge on any atom is 0.243 e. The molecule has 0 bridgehead atoms. The molecule has 3 rings (SSSR count). The monoisotopic (exact) mass is 279 g/mol. The molecule has 20 heavy (non-hydrogen) atoms. The Balaban J connectivity index is 1.79. The molecule has 1 saturated heterocycles. The molecular weight excluding hydrogens is 254 g/mol. The molecule has 2 heterocycles. The Labute approximate surface area is 120 Å². The minimum absolute atomic E-state index is 0.227. The quantitative estimate of drug-likeness (QED) is 0.862. The summed E-state index contributed by atoms with van der Waals surface area (Å²) in [5.74, 6) is 1.49. The van der Waals surface area contributed by atoms with Crippen LogP contribution in [-0.2, 0) is 10.3 Å². The standard InChI is InChI=1S/C15H25N3O2/c1-19-15(9-5-2-3-6-10-15)14-17-13(20-18-14)12-8-4-7-11-16-12/h12,16H,2-11H2,1H3. The van der Waals surface area contributed by atoms with Crippen molar-refractivity contribution in [3.8, 4) is 0 Å². The number of aromatic nitrogens is 2. The fraction of sp³-hybridized carbons (Fsp3) is 0.867. The zero-order valence-corrected chi connectivity index (χ0v) is 12.4. The van der Waals surface area contributed by atoms with Gasteiger partial charge in [-0.2, -0.15) is 4.98 Å². The van der Waals surface area contributed by atoms with Crippen molar-refractivity contribution in [3.63, 3.8) is 0 Å². The third kappa shape index (κ3) is 2.74. The van der Waals surface area contributed by atoms with E-state index in [0.717, 1.165) is 37.5 Å². The first-order valence-electron chi connectivity index (χ1n) is 7.97. The second-order valence-electron chi connectivity index (χ2n) is 6.07. The van der Waals surface area contributed by atoms with Crippen LogP contribution in [0.4, 0.5) is 0 Å². The van der Waals surface area contributed by atoms with Gasteiger partial charge in [0.25, 0.3) is 0 Å². The molecule has 0 radical (unpaired) electrons. The van der Waals surface area contributed by atoms with Crippen LogP contribution < -0.4 is 5.32 Å². The Hall–Kier alpha value is -0.940. The molecule has 2 fully saturated rings. The predicted octanol–water partition coefficient (Wildman–Crippen LogP) is 3.08. The van der Waals surface area contributed by atoms with Gasteiger partial charge in [-0.25, -0.2) is 0 Å². The summed E-state index contributed by atoms with van der Waals surface area (Å²) >= 11 is 0. The average Bonchev–Trinajstić information content (AvgIpc) is 2.88. The molecule has 1 aliphatic heterocycles. The highest BCUT2D eigenvalue weighted by molar-refractivity contribution is 5.04. The van der Waals surface area contributed by atoms with Crippen molar-refractivity contribution >= 4 is 0 Å². The van der Waals surface area contributed by atoms with E-state index in [1.807, 2.05) is 0 Å². The van der Waals surface area contributed by atoms with Crippen molar-refractivity contribution in [2.24, 2.45) is 0 Å². The second kappa shape index (κ2) is 6.22. The van der Waals surface area contributed by atoms with Gasteiger partial charge in [-0.1, -0.05) is 37.3 Å². The number of ether oxygens (including phenoxy) is 1. The first-order valence-corrected chi connectivity index (χ1v) is 7.97. The molecule has 1 unspecified atom stereocenters. The van der Waals surface area contributed by atoms with Crippen LogP contribution in [-0.4, -0.2) is 23.8 Å². The first-order chi connectivity index (χ1) is 9.84. The van der Waals surface area contributed by atoms with Crippen molar-refractivity contribution < 1.29 is 9.26 Å². The lowest BCUT2D eigenvalue weighted by Gasteiger charge is -2.27. The Morgan fingerprint density at radius 1 is 1.15 bits per heavy atom. The SMILES string of the molecule is COC1(c2noc(C3CCCCN3)n2)CCCCCC1. The van der Waals surface area contributed by atoms with Crippen LogP contribution in [0.3, 0.4) is 0 Å². The molecule has 5 heteroatoms. The molecule has 0 amide bonds. The van der Waals surface area contributed by atoms with Gasteiger partial charge in [0, 0.05) is 7.11 Å². The maximum absolute atomic E-state index is 5.84. The molecule has 5 nitrogen and oxygen atoms in total. The van der Waals surface area contributed by atoms with Crippen molar-refractivity contribution in [3.05, 3.63) is 11.7 Å². The van der Waals surface area contributed by atoms with E-state index in [1.54, 1.807) is 7.11 Å².